The van der Waals surface area contributed by atoms with Gasteiger partial charge in [0.2, 0.25) is 9.84 Å². The van der Waals surface area contributed by atoms with Crippen molar-refractivity contribution in [3.05, 3.63) is 54.6 Å². The Morgan fingerprint density at radius 2 is 1.62 bits per heavy atom. The number of benzene rings is 2. The molecule has 24 heavy (non-hydrogen) atoms. The Kier molecular flexibility index (Phi) is 7.69. The van der Waals surface area contributed by atoms with Gasteiger partial charge in [-0.2, -0.15) is 0 Å². The van der Waals surface area contributed by atoms with Crippen LogP contribution in [-0.2, 0) is 9.84 Å². The van der Waals surface area contributed by atoms with Crippen molar-refractivity contribution in [2.45, 2.75) is 15.9 Å². The molecule has 7 heteroatoms. The zero-order valence-electron chi connectivity index (χ0n) is 13.6. The molecule has 1 atom stereocenters. The second-order valence-electron chi connectivity index (χ2n) is 5.49. The molecule has 0 aliphatic rings. The summed E-state index contributed by atoms with van der Waals surface area (Å²) < 4.78 is 31.0. The number of hydrogen-bond donors (Lipinski definition) is 1. The summed E-state index contributed by atoms with van der Waals surface area (Å²) in [6.45, 7) is 0.465. The number of nitrogens with zero attached hydrogens (tertiary/aromatic N) is 1. The van der Waals surface area contributed by atoms with Gasteiger partial charge in [-0.25, -0.2) is 8.42 Å². The number of para-hydroxylation sites is 1. The molecule has 132 valence electrons. The highest BCUT2D eigenvalue weighted by Crippen LogP contribution is 2.29. The zero-order valence-corrected chi connectivity index (χ0v) is 15.3. The molecule has 0 aromatic heterocycles. The number of halogens is 1. The van der Waals surface area contributed by atoms with Gasteiger partial charge in [-0.1, -0.05) is 30.3 Å². The number of sulfone groups is 1. The Labute approximate surface area is 149 Å². The van der Waals surface area contributed by atoms with Gasteiger partial charge in [0.15, 0.2) is 0 Å². The third kappa shape index (κ3) is 5.21. The number of aliphatic hydroxyl groups excluding tert-OH is 1. The molecule has 0 aliphatic carbocycles. The predicted molar refractivity (Wildman–Crippen MR) is 95.6 cm³/mol. The molecule has 0 amide bonds. The van der Waals surface area contributed by atoms with E-state index in [0.29, 0.717) is 6.54 Å². The van der Waals surface area contributed by atoms with Crippen LogP contribution in [0.1, 0.15) is 0 Å². The van der Waals surface area contributed by atoms with Crippen LogP contribution < -0.4 is 4.74 Å². The van der Waals surface area contributed by atoms with E-state index in [1.54, 1.807) is 48.5 Å². The third-order valence-corrected chi connectivity index (χ3v) is 5.01. The van der Waals surface area contributed by atoms with E-state index >= 15 is 0 Å². The highest BCUT2D eigenvalue weighted by molar-refractivity contribution is 7.91. The molecular weight excluding hydrogens is 350 g/mol. The van der Waals surface area contributed by atoms with Crippen LogP contribution in [-0.4, -0.2) is 51.8 Å². The van der Waals surface area contributed by atoms with Crippen LogP contribution in [0.4, 0.5) is 0 Å². The molecule has 0 saturated carbocycles. The van der Waals surface area contributed by atoms with Crippen LogP contribution >= 0.6 is 12.4 Å². The lowest BCUT2D eigenvalue weighted by Crippen LogP contribution is -2.30. The molecule has 0 saturated heterocycles. The van der Waals surface area contributed by atoms with Crippen LogP contribution in [0.2, 0.25) is 0 Å². The lowest BCUT2D eigenvalue weighted by Gasteiger charge is -2.18. The molecule has 1 N–H and O–H groups in total. The van der Waals surface area contributed by atoms with Crippen molar-refractivity contribution >= 4 is 22.2 Å². The Morgan fingerprint density at radius 1 is 1.04 bits per heavy atom. The second-order valence-corrected chi connectivity index (χ2v) is 7.41. The van der Waals surface area contributed by atoms with Crippen molar-refractivity contribution < 1.29 is 18.3 Å². The summed E-state index contributed by atoms with van der Waals surface area (Å²) in [6.07, 6.45) is -0.697. The SMILES string of the molecule is CN(C)CC(O)COc1ccccc1S(=O)(=O)c1ccccc1.Cl. The van der Waals surface area contributed by atoms with Crippen molar-refractivity contribution in [2.75, 3.05) is 27.2 Å². The van der Waals surface area contributed by atoms with Gasteiger partial charge in [0.25, 0.3) is 0 Å². The van der Waals surface area contributed by atoms with Gasteiger partial charge in [-0.3, -0.25) is 0 Å². The van der Waals surface area contributed by atoms with E-state index in [1.165, 1.54) is 6.07 Å². The largest absolute Gasteiger partial charge is 0.489 e. The maximum absolute atomic E-state index is 12.7. The first-order valence-electron chi connectivity index (χ1n) is 7.26. The van der Waals surface area contributed by atoms with E-state index in [-0.39, 0.29) is 34.6 Å². The van der Waals surface area contributed by atoms with Crippen molar-refractivity contribution in [1.29, 1.82) is 0 Å². The van der Waals surface area contributed by atoms with Gasteiger partial charge < -0.3 is 14.7 Å². The predicted octanol–water partition coefficient (Wildman–Crippen LogP) is 2.24. The standard InChI is InChI=1S/C17H21NO4S.ClH/c1-18(2)12-14(19)13-22-16-10-6-7-11-17(16)23(20,21)15-8-4-3-5-9-15;/h3-11,14,19H,12-13H2,1-2H3;1H. The minimum absolute atomic E-state index is 0. The van der Waals surface area contributed by atoms with Gasteiger partial charge in [-0.15, -0.1) is 12.4 Å². The van der Waals surface area contributed by atoms with Crippen LogP contribution in [0, 0.1) is 0 Å². The van der Waals surface area contributed by atoms with Crippen molar-refractivity contribution in [3.63, 3.8) is 0 Å². The lowest BCUT2D eigenvalue weighted by molar-refractivity contribution is 0.0818. The summed E-state index contributed by atoms with van der Waals surface area (Å²) in [4.78, 5) is 2.15. The molecule has 2 aromatic carbocycles. The van der Waals surface area contributed by atoms with Gasteiger partial charge in [0.1, 0.15) is 23.4 Å². The minimum atomic E-state index is -3.66. The Hall–Kier alpha value is -1.60. The first-order valence-corrected chi connectivity index (χ1v) is 8.74. The summed E-state index contributed by atoms with van der Waals surface area (Å²) in [5.74, 6) is 0.245. The smallest absolute Gasteiger partial charge is 0.210 e. The molecular formula is C17H22ClNO4S. The third-order valence-electron chi connectivity index (χ3n) is 3.20. The van der Waals surface area contributed by atoms with E-state index in [2.05, 4.69) is 0 Å². The summed E-state index contributed by atoms with van der Waals surface area (Å²) in [6, 6.07) is 14.7. The normalized spacial score (nSPS) is 12.5. The average Bonchev–Trinajstić information content (AvgIpc) is 2.53. The minimum Gasteiger partial charge on any atom is -0.489 e. The quantitative estimate of drug-likeness (QED) is 0.808. The fourth-order valence-corrected chi connectivity index (χ4v) is 3.60. The molecule has 1 unspecified atom stereocenters. The van der Waals surface area contributed by atoms with Crippen LogP contribution in [0.5, 0.6) is 5.75 Å². The number of aliphatic hydroxyl groups is 1. The highest BCUT2D eigenvalue weighted by Gasteiger charge is 2.22. The second kappa shape index (κ2) is 9.03. The fourth-order valence-electron chi connectivity index (χ4n) is 2.18. The molecule has 0 heterocycles. The molecule has 0 radical (unpaired) electrons. The maximum Gasteiger partial charge on any atom is 0.210 e. The molecule has 0 bridgehead atoms. The molecule has 2 rings (SSSR count). The number of ether oxygens (including phenoxy) is 1. The topological polar surface area (TPSA) is 66.8 Å². The Morgan fingerprint density at radius 3 is 2.25 bits per heavy atom. The number of likely N-dealkylation sites (N-methyl/N-ethyl adjacent to an activating group) is 1. The van der Waals surface area contributed by atoms with Crippen molar-refractivity contribution in [3.8, 4) is 5.75 Å². The van der Waals surface area contributed by atoms with Crippen LogP contribution in [0.25, 0.3) is 0 Å². The van der Waals surface area contributed by atoms with Gasteiger partial charge in [0, 0.05) is 6.54 Å². The Bertz CT molecular complexity index is 735. The monoisotopic (exact) mass is 371 g/mol. The summed E-state index contributed by atoms with van der Waals surface area (Å²) >= 11 is 0. The molecule has 0 spiro atoms. The Balaban J connectivity index is 0.00000288. The van der Waals surface area contributed by atoms with E-state index < -0.39 is 15.9 Å². The first-order chi connectivity index (χ1) is 10.9. The zero-order chi connectivity index (χ0) is 16.9. The van der Waals surface area contributed by atoms with E-state index in [4.69, 9.17) is 4.74 Å². The number of rotatable bonds is 7. The van der Waals surface area contributed by atoms with Crippen molar-refractivity contribution in [1.82, 2.24) is 4.90 Å². The summed E-state index contributed by atoms with van der Waals surface area (Å²) in [5, 5.41) is 9.88. The van der Waals surface area contributed by atoms with E-state index in [9.17, 15) is 13.5 Å². The summed E-state index contributed by atoms with van der Waals surface area (Å²) in [5.41, 5.74) is 0. The molecule has 0 fully saturated rings. The maximum atomic E-state index is 12.7. The first kappa shape index (κ1) is 20.4. The van der Waals surface area contributed by atoms with Crippen LogP contribution in [0.3, 0.4) is 0 Å². The molecule has 0 aliphatic heterocycles. The molecule has 5 nitrogen and oxygen atoms in total. The van der Waals surface area contributed by atoms with Crippen molar-refractivity contribution in [2.24, 2.45) is 0 Å². The van der Waals surface area contributed by atoms with Crippen LogP contribution in [0.15, 0.2) is 64.4 Å². The summed E-state index contributed by atoms with van der Waals surface area (Å²) in [7, 11) is 0.0309. The molecule has 2 aromatic rings. The lowest BCUT2D eigenvalue weighted by atomic mass is 10.3. The number of hydrogen-bond acceptors (Lipinski definition) is 5. The van der Waals surface area contributed by atoms with E-state index in [0.717, 1.165) is 0 Å². The van der Waals surface area contributed by atoms with Gasteiger partial charge in [0.05, 0.1) is 4.90 Å². The fraction of sp³-hybridized carbons (Fsp3) is 0.294. The van der Waals surface area contributed by atoms with Gasteiger partial charge >= 0.3 is 0 Å². The van der Waals surface area contributed by atoms with E-state index in [1.807, 2.05) is 19.0 Å². The highest BCUT2D eigenvalue weighted by atomic mass is 35.5. The van der Waals surface area contributed by atoms with Gasteiger partial charge in [-0.05, 0) is 38.4 Å². The average molecular weight is 372 g/mol.